The largest absolute Gasteiger partial charge is 0.376 e. The first-order valence-corrected chi connectivity index (χ1v) is 7.34. The van der Waals surface area contributed by atoms with E-state index in [9.17, 15) is 0 Å². The van der Waals surface area contributed by atoms with E-state index in [1.807, 2.05) is 0 Å². The number of H-pyrrole nitrogens is 1. The van der Waals surface area contributed by atoms with Crippen molar-refractivity contribution in [2.24, 2.45) is 5.92 Å². The topological polar surface area (TPSA) is 37.9 Å². The van der Waals surface area contributed by atoms with Gasteiger partial charge < -0.3 is 9.72 Å². The number of nitrogens with zero attached hydrogens (tertiary/aromatic N) is 1. The first-order valence-electron chi connectivity index (χ1n) is 6.93. The summed E-state index contributed by atoms with van der Waals surface area (Å²) in [5.74, 6) is 2.50. The molecule has 0 spiro atoms. The number of aromatic nitrogens is 2. The standard InChI is InChI=1S/C14H20N2OS/c1-9-3-2-4-10(7-9)13-15-12-5-6-17-8-11(12)14(18)16-13/h9-10H,2-8H2,1H3,(H,15,16,18). The highest BCUT2D eigenvalue weighted by atomic mass is 32.1. The van der Waals surface area contributed by atoms with Crippen LogP contribution in [-0.2, 0) is 17.8 Å². The van der Waals surface area contributed by atoms with Crippen molar-refractivity contribution >= 4 is 12.2 Å². The average Bonchev–Trinajstić information content (AvgIpc) is 2.39. The third-order valence-corrected chi connectivity index (χ3v) is 4.53. The Morgan fingerprint density at radius 1 is 1.39 bits per heavy atom. The SMILES string of the molecule is CC1CCCC(c2nc(=S)c3c([nH]2)CCOC3)C1. The van der Waals surface area contributed by atoms with Gasteiger partial charge in [-0.3, -0.25) is 0 Å². The fourth-order valence-electron chi connectivity index (χ4n) is 3.15. The van der Waals surface area contributed by atoms with Crippen LogP contribution < -0.4 is 0 Å². The van der Waals surface area contributed by atoms with E-state index < -0.39 is 0 Å². The van der Waals surface area contributed by atoms with Crippen LogP contribution in [0.4, 0.5) is 0 Å². The third kappa shape index (κ3) is 2.36. The molecule has 1 aromatic rings. The molecule has 1 saturated carbocycles. The molecule has 2 atom stereocenters. The predicted octanol–water partition coefficient (Wildman–Crippen LogP) is 3.51. The molecular formula is C14H20N2OS. The Morgan fingerprint density at radius 2 is 2.28 bits per heavy atom. The van der Waals surface area contributed by atoms with Gasteiger partial charge in [-0.15, -0.1) is 0 Å². The fourth-order valence-corrected chi connectivity index (χ4v) is 3.43. The highest BCUT2D eigenvalue weighted by Gasteiger charge is 2.23. The molecule has 1 N–H and O–H groups in total. The second-order valence-corrected chi connectivity index (χ2v) is 6.04. The zero-order valence-corrected chi connectivity index (χ0v) is 11.7. The summed E-state index contributed by atoms with van der Waals surface area (Å²) >= 11 is 5.41. The summed E-state index contributed by atoms with van der Waals surface area (Å²) in [7, 11) is 0. The van der Waals surface area contributed by atoms with Gasteiger partial charge in [0, 0.05) is 23.6 Å². The molecule has 1 fully saturated rings. The summed E-state index contributed by atoms with van der Waals surface area (Å²) in [6.07, 6.45) is 6.10. The number of ether oxygens (including phenoxy) is 1. The Labute approximate surface area is 113 Å². The van der Waals surface area contributed by atoms with Crippen molar-refractivity contribution in [3.63, 3.8) is 0 Å². The van der Waals surface area contributed by atoms with Crippen LogP contribution in [0.5, 0.6) is 0 Å². The average molecular weight is 264 g/mol. The van der Waals surface area contributed by atoms with Gasteiger partial charge in [0.1, 0.15) is 10.5 Å². The van der Waals surface area contributed by atoms with Crippen LogP contribution in [-0.4, -0.2) is 16.6 Å². The Kier molecular flexibility index (Phi) is 3.48. The molecule has 1 aliphatic carbocycles. The highest BCUT2D eigenvalue weighted by molar-refractivity contribution is 7.71. The molecule has 0 radical (unpaired) electrons. The first kappa shape index (κ1) is 12.3. The minimum absolute atomic E-state index is 0.573. The second-order valence-electron chi connectivity index (χ2n) is 5.66. The quantitative estimate of drug-likeness (QED) is 0.789. The van der Waals surface area contributed by atoms with Gasteiger partial charge in [0.15, 0.2) is 0 Å². The van der Waals surface area contributed by atoms with Crippen LogP contribution in [0.1, 0.15) is 55.6 Å². The van der Waals surface area contributed by atoms with Crippen LogP contribution in [0.25, 0.3) is 0 Å². The zero-order chi connectivity index (χ0) is 12.5. The number of rotatable bonds is 1. The highest BCUT2D eigenvalue weighted by Crippen LogP contribution is 2.34. The minimum atomic E-state index is 0.573. The van der Waals surface area contributed by atoms with Gasteiger partial charge in [0.05, 0.1) is 13.2 Å². The zero-order valence-electron chi connectivity index (χ0n) is 10.9. The smallest absolute Gasteiger partial charge is 0.135 e. The molecule has 2 heterocycles. The van der Waals surface area contributed by atoms with Crippen molar-refractivity contribution < 1.29 is 4.74 Å². The molecule has 1 aliphatic heterocycles. The van der Waals surface area contributed by atoms with Crippen LogP contribution in [0.15, 0.2) is 0 Å². The van der Waals surface area contributed by atoms with Crippen molar-refractivity contribution in [1.29, 1.82) is 0 Å². The molecule has 4 heteroatoms. The van der Waals surface area contributed by atoms with E-state index in [1.165, 1.54) is 31.4 Å². The maximum Gasteiger partial charge on any atom is 0.135 e. The summed E-state index contributed by atoms with van der Waals surface area (Å²) in [4.78, 5) is 8.16. The van der Waals surface area contributed by atoms with Gasteiger partial charge in [-0.25, -0.2) is 4.98 Å². The summed E-state index contributed by atoms with van der Waals surface area (Å²) in [5, 5.41) is 0. The maximum atomic E-state index is 5.45. The maximum absolute atomic E-state index is 5.45. The van der Waals surface area contributed by atoms with E-state index in [0.29, 0.717) is 12.5 Å². The van der Waals surface area contributed by atoms with Crippen LogP contribution in [0.3, 0.4) is 0 Å². The lowest BCUT2D eigenvalue weighted by Crippen LogP contribution is -2.19. The molecule has 0 saturated heterocycles. The van der Waals surface area contributed by atoms with Gasteiger partial charge in [0.25, 0.3) is 0 Å². The van der Waals surface area contributed by atoms with E-state index in [1.54, 1.807) is 0 Å². The Balaban J connectivity index is 1.93. The van der Waals surface area contributed by atoms with Crippen molar-refractivity contribution in [2.45, 2.75) is 51.6 Å². The summed E-state index contributed by atoms with van der Waals surface area (Å²) < 4.78 is 6.20. The van der Waals surface area contributed by atoms with Crippen LogP contribution >= 0.6 is 12.2 Å². The van der Waals surface area contributed by atoms with Crippen LogP contribution in [0.2, 0.25) is 0 Å². The van der Waals surface area contributed by atoms with Gasteiger partial charge in [0.2, 0.25) is 0 Å². The van der Waals surface area contributed by atoms with Gasteiger partial charge in [-0.2, -0.15) is 0 Å². The molecular weight excluding hydrogens is 244 g/mol. The van der Waals surface area contributed by atoms with Gasteiger partial charge in [-0.1, -0.05) is 32.0 Å². The predicted molar refractivity (Wildman–Crippen MR) is 73.2 cm³/mol. The lowest BCUT2D eigenvalue weighted by molar-refractivity contribution is 0.108. The number of nitrogens with one attached hydrogen (secondary N) is 1. The van der Waals surface area contributed by atoms with Gasteiger partial charge in [-0.05, 0) is 18.8 Å². The van der Waals surface area contributed by atoms with E-state index in [0.717, 1.165) is 35.0 Å². The minimum Gasteiger partial charge on any atom is -0.376 e. The number of fused-ring (bicyclic) bond motifs is 1. The van der Waals surface area contributed by atoms with Crippen molar-refractivity contribution in [3.8, 4) is 0 Å². The Hall–Kier alpha value is -0.740. The molecule has 1 aromatic heterocycles. The third-order valence-electron chi connectivity index (χ3n) is 4.19. The molecule has 0 bridgehead atoms. The van der Waals surface area contributed by atoms with Crippen LogP contribution in [0, 0.1) is 10.6 Å². The van der Waals surface area contributed by atoms with Crippen molar-refractivity contribution in [1.82, 2.24) is 9.97 Å². The number of hydrogen-bond acceptors (Lipinski definition) is 3. The lowest BCUT2D eigenvalue weighted by Gasteiger charge is -2.27. The fraction of sp³-hybridized carbons (Fsp3) is 0.714. The first-order chi connectivity index (χ1) is 8.74. The molecule has 0 amide bonds. The molecule has 0 aromatic carbocycles. The van der Waals surface area contributed by atoms with E-state index in [2.05, 4.69) is 16.9 Å². The normalized spacial score (nSPS) is 27.8. The van der Waals surface area contributed by atoms with Crippen molar-refractivity contribution in [2.75, 3.05) is 6.61 Å². The monoisotopic (exact) mass is 264 g/mol. The van der Waals surface area contributed by atoms with E-state index in [-0.39, 0.29) is 0 Å². The molecule has 18 heavy (non-hydrogen) atoms. The lowest BCUT2D eigenvalue weighted by atomic mass is 9.82. The second kappa shape index (κ2) is 5.10. The number of aromatic amines is 1. The summed E-state index contributed by atoms with van der Waals surface area (Å²) in [6, 6.07) is 0. The molecule has 3 rings (SSSR count). The van der Waals surface area contributed by atoms with Crippen molar-refractivity contribution in [3.05, 3.63) is 21.7 Å². The van der Waals surface area contributed by atoms with E-state index >= 15 is 0 Å². The van der Waals surface area contributed by atoms with E-state index in [4.69, 9.17) is 17.0 Å². The Bertz CT molecular complexity index is 497. The molecule has 3 nitrogen and oxygen atoms in total. The molecule has 2 aliphatic rings. The Morgan fingerprint density at radius 3 is 3.11 bits per heavy atom. The summed E-state index contributed by atoms with van der Waals surface area (Å²) in [6.45, 7) is 3.76. The molecule has 2 unspecified atom stereocenters. The summed E-state index contributed by atoms with van der Waals surface area (Å²) in [5.41, 5.74) is 2.36. The molecule has 98 valence electrons. The number of hydrogen-bond donors (Lipinski definition) is 1. The van der Waals surface area contributed by atoms with Gasteiger partial charge >= 0.3 is 0 Å².